The Hall–Kier alpha value is -1.35. The van der Waals surface area contributed by atoms with Crippen molar-refractivity contribution in [2.75, 3.05) is 0 Å². The molecule has 0 saturated heterocycles. The SMILES string of the molecule is CC(C)(C)CC[C@H](NCc1ccccc1)C(=O)O. The fourth-order valence-electron chi connectivity index (χ4n) is 1.73. The molecule has 1 rings (SSSR count). The van der Waals surface area contributed by atoms with Gasteiger partial charge in [0.2, 0.25) is 0 Å². The molecule has 0 amide bonds. The lowest BCUT2D eigenvalue weighted by Crippen LogP contribution is -2.36. The Kier molecular flexibility index (Phi) is 5.35. The predicted molar refractivity (Wildman–Crippen MR) is 73.4 cm³/mol. The summed E-state index contributed by atoms with van der Waals surface area (Å²) in [4.78, 5) is 11.2. The fourth-order valence-corrected chi connectivity index (χ4v) is 1.73. The standard InChI is InChI=1S/C15H23NO2/c1-15(2,3)10-9-13(14(17)18)16-11-12-7-5-4-6-8-12/h4-8,13,16H,9-11H2,1-3H3,(H,17,18)/t13-/m0/s1. The van der Waals surface area contributed by atoms with Crippen LogP contribution in [0.1, 0.15) is 39.2 Å². The van der Waals surface area contributed by atoms with Gasteiger partial charge in [-0.1, -0.05) is 51.1 Å². The number of aliphatic carboxylic acids is 1. The molecule has 1 aromatic carbocycles. The number of hydrogen-bond acceptors (Lipinski definition) is 2. The third-order valence-corrected chi connectivity index (χ3v) is 2.88. The van der Waals surface area contributed by atoms with Gasteiger partial charge in [0, 0.05) is 6.54 Å². The maximum absolute atomic E-state index is 11.2. The van der Waals surface area contributed by atoms with Gasteiger partial charge in [-0.05, 0) is 23.8 Å². The highest BCUT2D eigenvalue weighted by molar-refractivity contribution is 5.73. The summed E-state index contributed by atoms with van der Waals surface area (Å²) < 4.78 is 0. The van der Waals surface area contributed by atoms with Crippen molar-refractivity contribution in [3.8, 4) is 0 Å². The van der Waals surface area contributed by atoms with E-state index in [1.54, 1.807) is 0 Å². The van der Waals surface area contributed by atoms with E-state index in [0.717, 1.165) is 12.0 Å². The molecule has 0 aliphatic heterocycles. The number of benzene rings is 1. The molecule has 3 heteroatoms. The summed E-state index contributed by atoms with van der Waals surface area (Å²) in [5.41, 5.74) is 1.28. The van der Waals surface area contributed by atoms with Crippen LogP contribution >= 0.6 is 0 Å². The summed E-state index contributed by atoms with van der Waals surface area (Å²) in [6.07, 6.45) is 1.55. The van der Waals surface area contributed by atoms with Crippen LogP contribution in [0.4, 0.5) is 0 Å². The van der Waals surface area contributed by atoms with Gasteiger partial charge in [0.1, 0.15) is 6.04 Å². The van der Waals surface area contributed by atoms with Gasteiger partial charge < -0.3 is 10.4 Å². The highest BCUT2D eigenvalue weighted by atomic mass is 16.4. The summed E-state index contributed by atoms with van der Waals surface area (Å²) in [5, 5.41) is 12.3. The van der Waals surface area contributed by atoms with Crippen LogP contribution in [0.5, 0.6) is 0 Å². The van der Waals surface area contributed by atoms with Gasteiger partial charge in [0.25, 0.3) is 0 Å². The van der Waals surface area contributed by atoms with Crippen molar-refractivity contribution in [2.24, 2.45) is 5.41 Å². The monoisotopic (exact) mass is 249 g/mol. The molecule has 0 aromatic heterocycles. The minimum atomic E-state index is -0.768. The highest BCUT2D eigenvalue weighted by Gasteiger charge is 2.20. The Bertz CT molecular complexity index is 368. The minimum absolute atomic E-state index is 0.169. The average Bonchev–Trinajstić information content (AvgIpc) is 2.28. The van der Waals surface area contributed by atoms with Gasteiger partial charge in [-0.25, -0.2) is 0 Å². The molecule has 0 bridgehead atoms. The van der Waals surface area contributed by atoms with Gasteiger partial charge in [0.05, 0.1) is 0 Å². The minimum Gasteiger partial charge on any atom is -0.480 e. The molecule has 0 aliphatic rings. The summed E-state index contributed by atoms with van der Waals surface area (Å²) in [6.45, 7) is 6.98. The summed E-state index contributed by atoms with van der Waals surface area (Å²) >= 11 is 0. The molecule has 18 heavy (non-hydrogen) atoms. The van der Waals surface area contributed by atoms with Crippen LogP contribution in [-0.2, 0) is 11.3 Å². The maximum atomic E-state index is 11.2. The number of rotatable bonds is 6. The van der Waals surface area contributed by atoms with Gasteiger partial charge in [-0.2, -0.15) is 0 Å². The van der Waals surface area contributed by atoms with E-state index in [2.05, 4.69) is 26.1 Å². The Morgan fingerprint density at radius 1 is 1.28 bits per heavy atom. The molecular formula is C15H23NO2. The molecule has 0 radical (unpaired) electrons. The van der Waals surface area contributed by atoms with E-state index in [4.69, 9.17) is 0 Å². The molecule has 100 valence electrons. The van der Waals surface area contributed by atoms with Crippen molar-refractivity contribution >= 4 is 5.97 Å². The van der Waals surface area contributed by atoms with Crippen molar-refractivity contribution in [1.29, 1.82) is 0 Å². The zero-order valence-electron chi connectivity index (χ0n) is 11.4. The first kappa shape index (κ1) is 14.7. The van der Waals surface area contributed by atoms with Crippen molar-refractivity contribution in [3.05, 3.63) is 35.9 Å². The van der Waals surface area contributed by atoms with Crippen LogP contribution in [0.3, 0.4) is 0 Å². The van der Waals surface area contributed by atoms with Crippen LogP contribution in [0.15, 0.2) is 30.3 Å². The van der Waals surface area contributed by atoms with Crippen molar-refractivity contribution in [2.45, 2.75) is 46.2 Å². The molecule has 2 N–H and O–H groups in total. The molecule has 0 spiro atoms. The van der Waals surface area contributed by atoms with Crippen molar-refractivity contribution in [3.63, 3.8) is 0 Å². The molecule has 3 nitrogen and oxygen atoms in total. The van der Waals surface area contributed by atoms with E-state index < -0.39 is 12.0 Å². The molecule has 0 fully saturated rings. The van der Waals surface area contributed by atoms with E-state index in [-0.39, 0.29) is 5.41 Å². The van der Waals surface area contributed by atoms with Crippen LogP contribution in [0, 0.1) is 5.41 Å². The molecule has 1 atom stereocenters. The second kappa shape index (κ2) is 6.55. The lowest BCUT2D eigenvalue weighted by molar-refractivity contribution is -0.139. The number of carboxylic acid groups (broad SMARTS) is 1. The number of carboxylic acids is 1. The molecule has 0 saturated carbocycles. The van der Waals surface area contributed by atoms with Crippen LogP contribution in [0.25, 0.3) is 0 Å². The topological polar surface area (TPSA) is 49.3 Å². The van der Waals surface area contributed by atoms with Gasteiger partial charge in [0.15, 0.2) is 0 Å². The van der Waals surface area contributed by atoms with Crippen LogP contribution in [-0.4, -0.2) is 17.1 Å². The first-order chi connectivity index (χ1) is 8.38. The summed E-state index contributed by atoms with van der Waals surface area (Å²) in [7, 11) is 0. The van der Waals surface area contributed by atoms with Crippen molar-refractivity contribution < 1.29 is 9.90 Å². The third-order valence-electron chi connectivity index (χ3n) is 2.88. The molecular weight excluding hydrogens is 226 g/mol. The Morgan fingerprint density at radius 2 is 1.89 bits per heavy atom. The van der Waals surface area contributed by atoms with E-state index >= 15 is 0 Å². The lowest BCUT2D eigenvalue weighted by atomic mass is 9.88. The zero-order valence-corrected chi connectivity index (χ0v) is 11.4. The van der Waals surface area contributed by atoms with Gasteiger partial charge in [-0.15, -0.1) is 0 Å². The Labute approximate surface area is 109 Å². The lowest BCUT2D eigenvalue weighted by Gasteiger charge is -2.21. The molecule has 0 aliphatic carbocycles. The zero-order chi connectivity index (χ0) is 13.6. The highest BCUT2D eigenvalue weighted by Crippen LogP contribution is 2.21. The summed E-state index contributed by atoms with van der Waals surface area (Å²) in [6, 6.07) is 9.40. The van der Waals surface area contributed by atoms with E-state index in [1.807, 2.05) is 30.3 Å². The number of nitrogens with one attached hydrogen (secondary N) is 1. The average molecular weight is 249 g/mol. The predicted octanol–water partition coefficient (Wildman–Crippen LogP) is 3.06. The first-order valence-corrected chi connectivity index (χ1v) is 6.38. The van der Waals surface area contributed by atoms with E-state index in [0.29, 0.717) is 13.0 Å². The largest absolute Gasteiger partial charge is 0.480 e. The summed E-state index contributed by atoms with van der Waals surface area (Å²) in [5.74, 6) is -0.768. The van der Waals surface area contributed by atoms with Gasteiger partial charge >= 0.3 is 5.97 Å². The van der Waals surface area contributed by atoms with Gasteiger partial charge in [-0.3, -0.25) is 4.79 Å². The quantitative estimate of drug-likeness (QED) is 0.814. The Morgan fingerprint density at radius 3 is 2.39 bits per heavy atom. The molecule has 0 unspecified atom stereocenters. The molecule has 0 heterocycles. The van der Waals surface area contributed by atoms with Crippen LogP contribution in [0.2, 0.25) is 0 Å². The van der Waals surface area contributed by atoms with E-state index in [9.17, 15) is 9.90 Å². The second-order valence-corrected chi connectivity index (χ2v) is 5.86. The third kappa shape index (κ3) is 5.82. The Balaban J connectivity index is 2.46. The molecule has 1 aromatic rings. The van der Waals surface area contributed by atoms with E-state index in [1.165, 1.54) is 0 Å². The smallest absolute Gasteiger partial charge is 0.320 e. The van der Waals surface area contributed by atoms with Crippen molar-refractivity contribution in [1.82, 2.24) is 5.32 Å². The number of hydrogen-bond donors (Lipinski definition) is 2. The number of carbonyl (C=O) groups is 1. The van der Waals surface area contributed by atoms with Crippen LogP contribution < -0.4 is 5.32 Å². The normalized spacial score (nSPS) is 13.3. The first-order valence-electron chi connectivity index (χ1n) is 6.38. The maximum Gasteiger partial charge on any atom is 0.320 e. The second-order valence-electron chi connectivity index (χ2n) is 5.86. The fraction of sp³-hybridized carbons (Fsp3) is 0.533.